The summed E-state index contributed by atoms with van der Waals surface area (Å²) in [7, 11) is 0. The molecule has 0 aliphatic carbocycles. The molecule has 1 rings (SSSR count). The Bertz CT molecular complexity index is 977. The van der Waals surface area contributed by atoms with E-state index in [-0.39, 0.29) is 36.4 Å². The fourth-order valence-electron chi connectivity index (χ4n) is 2.72. The Morgan fingerprint density at radius 2 is 1.37 bits per heavy atom. The molecule has 1 aromatic carbocycles. The van der Waals surface area contributed by atoms with Gasteiger partial charge in [-0.3, -0.25) is 9.59 Å². The van der Waals surface area contributed by atoms with E-state index in [1.54, 1.807) is 61.5 Å². The van der Waals surface area contributed by atoms with E-state index in [1.165, 1.54) is 12.1 Å². The van der Waals surface area contributed by atoms with Gasteiger partial charge in [0, 0.05) is 0 Å². The summed E-state index contributed by atoms with van der Waals surface area (Å²) in [6.07, 6.45) is -2.00. The average Bonchev–Trinajstić information content (AvgIpc) is 2.75. The fourth-order valence-corrected chi connectivity index (χ4v) is 2.72. The van der Waals surface area contributed by atoms with Gasteiger partial charge in [-0.1, -0.05) is 19.9 Å². The molecule has 2 N–H and O–H groups in total. The Labute approximate surface area is 224 Å². The first-order valence-corrected chi connectivity index (χ1v) is 12.5. The SMILES string of the molecule is CCC(C)C(=O)O[C@@H](C)COC(=O)[C@@H](N)Cc1ccc(OC(=O)OC(C)(C)C)c(OC(=O)OC(C)(C)C)c1. The van der Waals surface area contributed by atoms with Crippen LogP contribution >= 0.6 is 0 Å². The summed E-state index contributed by atoms with van der Waals surface area (Å²) in [5.74, 6) is -1.56. The molecule has 214 valence electrons. The van der Waals surface area contributed by atoms with Gasteiger partial charge in [0.05, 0.1) is 5.92 Å². The zero-order chi connectivity index (χ0) is 29.3. The number of carbonyl (C=O) groups excluding carboxylic acids is 4. The maximum atomic E-state index is 12.4. The number of nitrogens with two attached hydrogens (primary N) is 1. The predicted molar refractivity (Wildman–Crippen MR) is 138 cm³/mol. The number of ether oxygens (including phenoxy) is 6. The molecular formula is C27H41NO10. The van der Waals surface area contributed by atoms with Crippen molar-refractivity contribution in [3.05, 3.63) is 23.8 Å². The number of hydrogen-bond donors (Lipinski definition) is 1. The summed E-state index contributed by atoms with van der Waals surface area (Å²) in [6.45, 7) is 15.1. The van der Waals surface area contributed by atoms with Gasteiger partial charge >= 0.3 is 24.2 Å². The molecular weight excluding hydrogens is 498 g/mol. The first kappa shape index (κ1) is 32.7. The maximum absolute atomic E-state index is 12.4. The number of rotatable bonds is 10. The van der Waals surface area contributed by atoms with Crippen molar-refractivity contribution in [3.8, 4) is 11.5 Å². The summed E-state index contributed by atoms with van der Waals surface area (Å²) >= 11 is 0. The molecule has 0 aliphatic rings. The lowest BCUT2D eigenvalue weighted by Crippen LogP contribution is -2.36. The quantitative estimate of drug-likeness (QED) is 0.250. The van der Waals surface area contributed by atoms with Crippen LogP contribution < -0.4 is 15.2 Å². The Balaban J connectivity index is 2.93. The molecule has 1 aromatic rings. The molecule has 0 radical (unpaired) electrons. The van der Waals surface area contributed by atoms with Gasteiger partial charge < -0.3 is 34.2 Å². The van der Waals surface area contributed by atoms with E-state index in [0.717, 1.165) is 0 Å². The molecule has 1 unspecified atom stereocenters. The molecule has 0 spiro atoms. The first-order valence-electron chi connectivity index (χ1n) is 12.5. The standard InChI is InChI=1S/C27H41NO10/c1-10-16(2)22(29)34-17(3)15-33-23(30)19(28)13-18-11-12-20(35-24(31)37-26(4,5)6)21(14-18)36-25(32)38-27(7,8)9/h11-12,14,16-17,19H,10,13,15,28H2,1-9H3/t16?,17-,19-/m0/s1. The highest BCUT2D eigenvalue weighted by Gasteiger charge is 2.25. The summed E-state index contributed by atoms with van der Waals surface area (Å²) in [6, 6.07) is 3.26. The topological polar surface area (TPSA) is 150 Å². The molecule has 0 saturated heterocycles. The van der Waals surface area contributed by atoms with E-state index in [1.807, 2.05) is 6.92 Å². The van der Waals surface area contributed by atoms with Crippen LogP contribution in [0.3, 0.4) is 0 Å². The van der Waals surface area contributed by atoms with Crippen LogP contribution in [-0.4, -0.2) is 54.2 Å². The van der Waals surface area contributed by atoms with Crippen LogP contribution in [0, 0.1) is 5.92 Å². The van der Waals surface area contributed by atoms with Crippen molar-refractivity contribution in [1.29, 1.82) is 0 Å². The Morgan fingerprint density at radius 1 is 0.842 bits per heavy atom. The number of benzene rings is 1. The van der Waals surface area contributed by atoms with Crippen molar-refractivity contribution >= 4 is 24.2 Å². The van der Waals surface area contributed by atoms with Crippen LogP contribution in [0.1, 0.15) is 74.3 Å². The van der Waals surface area contributed by atoms with Gasteiger partial charge in [0.2, 0.25) is 0 Å². The van der Waals surface area contributed by atoms with Gasteiger partial charge in [-0.05, 0) is 79.0 Å². The lowest BCUT2D eigenvalue weighted by atomic mass is 10.1. The molecule has 0 amide bonds. The third-order valence-corrected chi connectivity index (χ3v) is 4.72. The minimum atomic E-state index is -1.07. The lowest BCUT2D eigenvalue weighted by molar-refractivity contribution is -0.161. The summed E-state index contributed by atoms with van der Waals surface area (Å²) in [5, 5.41) is 0. The molecule has 0 heterocycles. The van der Waals surface area contributed by atoms with Gasteiger partial charge in [-0.2, -0.15) is 0 Å². The Hall–Kier alpha value is -3.34. The zero-order valence-corrected chi connectivity index (χ0v) is 23.7. The van der Waals surface area contributed by atoms with Crippen LogP contribution in [-0.2, 0) is 35.0 Å². The van der Waals surface area contributed by atoms with Crippen LogP contribution in [0.5, 0.6) is 11.5 Å². The minimum absolute atomic E-state index is 0.0112. The van der Waals surface area contributed by atoms with Crippen LogP contribution in [0.2, 0.25) is 0 Å². The highest BCUT2D eigenvalue weighted by atomic mass is 16.8. The molecule has 38 heavy (non-hydrogen) atoms. The van der Waals surface area contributed by atoms with Gasteiger partial charge in [-0.25, -0.2) is 9.59 Å². The predicted octanol–water partition coefficient (Wildman–Crippen LogP) is 4.71. The molecule has 0 fully saturated rings. The van der Waals surface area contributed by atoms with E-state index in [0.29, 0.717) is 12.0 Å². The largest absolute Gasteiger partial charge is 0.514 e. The van der Waals surface area contributed by atoms with Gasteiger partial charge in [0.1, 0.15) is 30.0 Å². The van der Waals surface area contributed by atoms with Crippen molar-refractivity contribution in [2.75, 3.05) is 6.61 Å². The van der Waals surface area contributed by atoms with Crippen molar-refractivity contribution in [2.45, 2.75) is 98.5 Å². The van der Waals surface area contributed by atoms with Crippen molar-refractivity contribution in [3.63, 3.8) is 0 Å². The number of esters is 2. The minimum Gasteiger partial charge on any atom is -0.461 e. The molecule has 0 aromatic heterocycles. The van der Waals surface area contributed by atoms with E-state index < -0.39 is 41.6 Å². The lowest BCUT2D eigenvalue weighted by Gasteiger charge is -2.21. The molecule has 0 bridgehead atoms. The molecule has 0 aliphatic heterocycles. The molecule has 11 heteroatoms. The fraction of sp³-hybridized carbons (Fsp3) is 0.630. The highest BCUT2D eigenvalue weighted by molar-refractivity contribution is 5.76. The van der Waals surface area contributed by atoms with Crippen molar-refractivity contribution < 1.29 is 47.6 Å². The van der Waals surface area contributed by atoms with E-state index in [4.69, 9.17) is 34.2 Å². The Morgan fingerprint density at radius 3 is 1.87 bits per heavy atom. The van der Waals surface area contributed by atoms with Crippen LogP contribution in [0.4, 0.5) is 9.59 Å². The second-order valence-corrected chi connectivity index (χ2v) is 10.9. The third kappa shape index (κ3) is 12.8. The summed E-state index contributed by atoms with van der Waals surface area (Å²) in [5.41, 5.74) is 4.86. The third-order valence-electron chi connectivity index (χ3n) is 4.72. The Kier molecular flexibility index (Phi) is 12.0. The smallest absolute Gasteiger partial charge is 0.461 e. The number of carbonyl (C=O) groups is 4. The number of hydrogen-bond acceptors (Lipinski definition) is 11. The average molecular weight is 540 g/mol. The summed E-state index contributed by atoms with van der Waals surface area (Å²) < 4.78 is 31.3. The summed E-state index contributed by atoms with van der Waals surface area (Å²) in [4.78, 5) is 48.7. The van der Waals surface area contributed by atoms with E-state index >= 15 is 0 Å². The van der Waals surface area contributed by atoms with E-state index in [2.05, 4.69) is 0 Å². The van der Waals surface area contributed by atoms with E-state index in [9.17, 15) is 19.2 Å². The zero-order valence-electron chi connectivity index (χ0n) is 23.7. The second kappa shape index (κ2) is 14.0. The monoisotopic (exact) mass is 539 g/mol. The van der Waals surface area contributed by atoms with Gasteiger partial charge in [-0.15, -0.1) is 0 Å². The molecule has 3 atom stereocenters. The van der Waals surface area contributed by atoms with Crippen LogP contribution in [0.15, 0.2) is 18.2 Å². The van der Waals surface area contributed by atoms with Crippen LogP contribution in [0.25, 0.3) is 0 Å². The molecule has 11 nitrogen and oxygen atoms in total. The second-order valence-electron chi connectivity index (χ2n) is 10.9. The van der Waals surface area contributed by atoms with Gasteiger partial charge in [0.15, 0.2) is 11.5 Å². The normalized spacial score (nSPS) is 13.9. The molecule has 0 saturated carbocycles. The van der Waals surface area contributed by atoms with Crippen molar-refractivity contribution in [1.82, 2.24) is 0 Å². The van der Waals surface area contributed by atoms with Gasteiger partial charge in [0.25, 0.3) is 0 Å². The van der Waals surface area contributed by atoms with Crippen molar-refractivity contribution in [2.24, 2.45) is 11.7 Å². The first-order chi connectivity index (χ1) is 17.4. The highest BCUT2D eigenvalue weighted by Crippen LogP contribution is 2.31. The maximum Gasteiger partial charge on any atom is 0.514 e.